The second kappa shape index (κ2) is 12.0. The van der Waals surface area contributed by atoms with Gasteiger partial charge < -0.3 is 14.6 Å². The summed E-state index contributed by atoms with van der Waals surface area (Å²) in [5, 5.41) is 5.82. The van der Waals surface area contributed by atoms with Crippen molar-refractivity contribution in [3.63, 3.8) is 0 Å². The molecule has 0 aliphatic rings. The van der Waals surface area contributed by atoms with E-state index in [-0.39, 0.29) is 11.5 Å². The molecule has 0 aliphatic heterocycles. The van der Waals surface area contributed by atoms with Crippen molar-refractivity contribution in [2.24, 2.45) is 0 Å². The number of hydrogen-bond acceptors (Lipinski definition) is 7. The first kappa shape index (κ1) is 30.0. The van der Waals surface area contributed by atoms with Crippen molar-refractivity contribution in [3.8, 4) is 11.5 Å². The smallest absolute Gasteiger partial charge is 0.467 e. The summed E-state index contributed by atoms with van der Waals surface area (Å²) in [6, 6.07) is 33.7. The molecule has 5 rings (SSSR count). The third-order valence-electron chi connectivity index (χ3n) is 6.39. The van der Waals surface area contributed by atoms with Gasteiger partial charge in [0.25, 0.3) is 0 Å². The number of ether oxygens (including phenoxy) is 2. The number of carbonyl (C=O) groups is 1. The van der Waals surface area contributed by atoms with E-state index >= 15 is 8.78 Å². The number of phenols is 1. The van der Waals surface area contributed by atoms with Gasteiger partial charge in [0, 0.05) is 32.4 Å². The van der Waals surface area contributed by atoms with Crippen LogP contribution in [-0.2, 0) is 23.3 Å². The van der Waals surface area contributed by atoms with E-state index in [4.69, 9.17) is 13.1 Å². The van der Waals surface area contributed by atoms with Crippen LogP contribution in [0.3, 0.4) is 0 Å². The van der Waals surface area contributed by atoms with E-state index < -0.39 is 37.9 Å². The normalized spacial score (nSPS) is 13.3. The average molecular weight is 625 g/mol. The van der Waals surface area contributed by atoms with Gasteiger partial charge in [-0.25, -0.2) is 8.42 Å². The van der Waals surface area contributed by atoms with Gasteiger partial charge in [-0.3, -0.25) is 0 Å². The van der Waals surface area contributed by atoms with Crippen molar-refractivity contribution in [2.75, 3.05) is 0 Å². The molecular formula is C32H26F2O7S2. The Bertz CT molecular complexity index is 1740. The molecule has 43 heavy (non-hydrogen) atoms. The van der Waals surface area contributed by atoms with E-state index in [0.717, 1.165) is 6.92 Å². The predicted octanol–water partition coefficient (Wildman–Crippen LogP) is 7.65. The zero-order chi connectivity index (χ0) is 30.7. The highest BCUT2D eigenvalue weighted by molar-refractivity contribution is 8.33. The molecule has 0 radical (unpaired) electrons. The number of halogens is 2. The summed E-state index contributed by atoms with van der Waals surface area (Å²) in [6.07, 6.45) is -1.63. The lowest BCUT2D eigenvalue weighted by atomic mass is 10.1. The first-order valence-corrected chi connectivity index (χ1v) is 15.9. The Morgan fingerprint density at radius 1 is 0.698 bits per heavy atom. The van der Waals surface area contributed by atoms with Crippen LogP contribution in [0.1, 0.15) is 6.92 Å². The topological polar surface area (TPSA) is 99.1 Å². The van der Waals surface area contributed by atoms with Gasteiger partial charge in [0.1, 0.15) is 11.5 Å². The summed E-state index contributed by atoms with van der Waals surface area (Å²) in [5.41, 5.74) is 0. The van der Waals surface area contributed by atoms with E-state index in [1.807, 2.05) is 0 Å². The minimum atomic E-state index is -5.98. The summed E-state index contributed by atoms with van der Waals surface area (Å²) in [5.74, 6) is -2.29. The number of rotatable bonds is 10. The standard InChI is InChI=1S/C32H26F2O7S2/c1-23(39-30-22-12-19-27-28(30)20-11-21-29(27)35)40-31(36)32(33,34)43(37,38)41-42(24-13-5-2-6-14-24,25-15-7-3-8-16-25)26-17-9-4-10-18-26/h2-23,35H,1H3. The number of esters is 1. The molecule has 1 unspecified atom stereocenters. The summed E-state index contributed by atoms with van der Waals surface area (Å²) in [6.45, 7) is 1.16. The van der Waals surface area contributed by atoms with Crippen LogP contribution in [0.15, 0.2) is 142 Å². The van der Waals surface area contributed by atoms with Crippen molar-refractivity contribution < 1.29 is 40.2 Å². The third-order valence-corrected chi connectivity index (χ3v) is 11.5. The maximum Gasteiger partial charge on any atom is 0.467 e. The minimum Gasteiger partial charge on any atom is -0.507 e. The van der Waals surface area contributed by atoms with Gasteiger partial charge in [-0.1, -0.05) is 78.9 Å². The van der Waals surface area contributed by atoms with Crippen LogP contribution in [0.2, 0.25) is 0 Å². The zero-order valence-corrected chi connectivity index (χ0v) is 24.3. The van der Waals surface area contributed by atoms with Gasteiger partial charge in [-0.05, 0) is 58.8 Å². The summed E-state index contributed by atoms with van der Waals surface area (Å²) in [4.78, 5) is 13.7. The number of benzene rings is 5. The van der Waals surface area contributed by atoms with E-state index in [1.165, 1.54) is 12.1 Å². The molecular weight excluding hydrogens is 598 g/mol. The molecule has 0 amide bonds. The van der Waals surface area contributed by atoms with Gasteiger partial charge in [0.2, 0.25) is 6.29 Å². The Labute approximate surface area is 248 Å². The van der Waals surface area contributed by atoms with Gasteiger partial charge in [-0.2, -0.15) is 17.2 Å². The molecule has 0 saturated carbocycles. The maximum absolute atomic E-state index is 15.6. The summed E-state index contributed by atoms with van der Waals surface area (Å²) >= 11 is 0. The zero-order valence-electron chi connectivity index (χ0n) is 22.7. The quantitative estimate of drug-likeness (QED) is 0.126. The van der Waals surface area contributed by atoms with Gasteiger partial charge in [0.05, 0.1) is 0 Å². The van der Waals surface area contributed by atoms with Gasteiger partial charge in [-0.15, -0.1) is 0 Å². The molecule has 0 aliphatic carbocycles. The van der Waals surface area contributed by atoms with Crippen molar-refractivity contribution in [1.82, 2.24) is 0 Å². The van der Waals surface area contributed by atoms with Crippen molar-refractivity contribution in [2.45, 2.75) is 33.2 Å². The van der Waals surface area contributed by atoms with Crippen molar-refractivity contribution in [3.05, 3.63) is 127 Å². The monoisotopic (exact) mass is 624 g/mol. The Balaban J connectivity index is 1.49. The molecule has 0 bridgehead atoms. The van der Waals surface area contributed by atoms with Gasteiger partial charge in [0.15, 0.2) is 0 Å². The number of phenolic OH excluding ortho intramolecular Hbond substituents is 1. The Kier molecular flexibility index (Phi) is 8.41. The van der Waals surface area contributed by atoms with E-state index in [2.05, 4.69) is 0 Å². The van der Waals surface area contributed by atoms with Crippen molar-refractivity contribution in [1.29, 1.82) is 0 Å². The van der Waals surface area contributed by atoms with Crippen LogP contribution in [0.4, 0.5) is 8.78 Å². The lowest BCUT2D eigenvalue weighted by Gasteiger charge is -2.39. The largest absolute Gasteiger partial charge is 0.507 e. The van der Waals surface area contributed by atoms with Crippen LogP contribution < -0.4 is 4.74 Å². The van der Waals surface area contributed by atoms with Crippen LogP contribution in [0, 0.1) is 0 Å². The second-order valence-corrected chi connectivity index (χ2v) is 13.7. The molecule has 7 nitrogen and oxygen atoms in total. The SMILES string of the molecule is CC(OC(=O)C(F)(F)S(=O)(=O)OS(c1ccccc1)(c1ccccc1)c1ccccc1)Oc1cccc2c(O)cccc12. The van der Waals surface area contributed by atoms with E-state index in [1.54, 1.807) is 115 Å². The first-order chi connectivity index (χ1) is 20.6. The predicted molar refractivity (Wildman–Crippen MR) is 158 cm³/mol. The fraction of sp³-hybridized carbons (Fsp3) is 0.0938. The van der Waals surface area contributed by atoms with E-state index in [9.17, 15) is 18.3 Å². The fourth-order valence-corrected chi connectivity index (χ4v) is 9.48. The maximum atomic E-state index is 15.6. The Hall–Kier alpha value is -4.45. The molecule has 0 aromatic heterocycles. The molecule has 11 heteroatoms. The Morgan fingerprint density at radius 2 is 1.16 bits per heavy atom. The molecule has 5 aromatic carbocycles. The molecule has 222 valence electrons. The lowest BCUT2D eigenvalue weighted by Crippen LogP contribution is -2.42. The number of fused-ring (bicyclic) bond motifs is 1. The molecule has 1 N–H and O–H groups in total. The van der Waals surface area contributed by atoms with Crippen LogP contribution in [0.5, 0.6) is 11.5 Å². The second-order valence-electron chi connectivity index (χ2n) is 9.25. The summed E-state index contributed by atoms with van der Waals surface area (Å²) in [7, 11) is -9.32. The van der Waals surface area contributed by atoms with Crippen LogP contribution in [0.25, 0.3) is 10.8 Å². The Morgan fingerprint density at radius 3 is 1.67 bits per heavy atom. The van der Waals surface area contributed by atoms with Crippen LogP contribution in [-0.4, -0.2) is 31.0 Å². The molecule has 0 fully saturated rings. The van der Waals surface area contributed by atoms with E-state index in [0.29, 0.717) is 25.5 Å². The van der Waals surface area contributed by atoms with Crippen molar-refractivity contribution >= 4 is 37.2 Å². The number of hydrogen-bond donors (Lipinski definition) is 1. The highest BCUT2D eigenvalue weighted by Crippen LogP contribution is 2.70. The molecule has 0 heterocycles. The highest BCUT2D eigenvalue weighted by Gasteiger charge is 2.59. The fourth-order valence-electron chi connectivity index (χ4n) is 4.43. The molecule has 0 saturated heterocycles. The first-order valence-electron chi connectivity index (χ1n) is 13.0. The summed E-state index contributed by atoms with van der Waals surface area (Å²) < 4.78 is 74.1. The number of alkyl halides is 2. The lowest BCUT2D eigenvalue weighted by molar-refractivity contribution is -0.178. The molecule has 1 atom stereocenters. The highest BCUT2D eigenvalue weighted by atomic mass is 32.3. The average Bonchev–Trinajstić information content (AvgIpc) is 3.01. The number of aromatic hydroxyl groups is 1. The number of carbonyl (C=O) groups excluding carboxylic acids is 1. The molecule has 5 aromatic rings. The minimum absolute atomic E-state index is 0.0383. The molecule has 0 spiro atoms. The van der Waals surface area contributed by atoms with Crippen LogP contribution >= 0.6 is 10.3 Å². The van der Waals surface area contributed by atoms with Gasteiger partial charge >= 0.3 is 21.3 Å². The third kappa shape index (κ3) is 5.79.